The molecule has 4 rings (SSSR count). The van der Waals surface area contributed by atoms with E-state index < -0.39 is 0 Å². The number of hydrogen-bond acceptors (Lipinski definition) is 3. The molecule has 1 aromatic heterocycles. The van der Waals surface area contributed by atoms with E-state index in [-0.39, 0.29) is 0 Å². The first-order valence-electron chi connectivity index (χ1n) is 8.36. The van der Waals surface area contributed by atoms with Gasteiger partial charge < -0.3 is 9.64 Å². The molecule has 0 saturated carbocycles. The number of aryl methyl sites for hydroxylation is 2. The van der Waals surface area contributed by atoms with E-state index in [1.54, 1.807) is 0 Å². The van der Waals surface area contributed by atoms with Crippen molar-refractivity contribution in [3.63, 3.8) is 0 Å². The molecule has 1 unspecified atom stereocenters. The van der Waals surface area contributed by atoms with Gasteiger partial charge in [-0.2, -0.15) is 0 Å². The Hall–Kier alpha value is -1.61. The third-order valence-corrected chi connectivity index (χ3v) is 5.41. The second-order valence-corrected chi connectivity index (χ2v) is 7.09. The van der Waals surface area contributed by atoms with Crippen LogP contribution in [0.1, 0.15) is 30.4 Å². The van der Waals surface area contributed by atoms with Crippen LogP contribution in [0.2, 0.25) is 0 Å². The van der Waals surface area contributed by atoms with Crippen molar-refractivity contribution in [3.05, 3.63) is 35.5 Å². The van der Waals surface area contributed by atoms with E-state index >= 15 is 0 Å². The topological polar surface area (TPSA) is 25.4 Å². The Morgan fingerprint density at radius 3 is 2.91 bits per heavy atom. The smallest absolute Gasteiger partial charge is 0.0752 e. The quantitative estimate of drug-likeness (QED) is 0.799. The molecule has 3 nitrogen and oxygen atoms in total. The lowest BCUT2D eigenvalue weighted by molar-refractivity contribution is 0.00439. The summed E-state index contributed by atoms with van der Waals surface area (Å²) in [6.07, 6.45) is 5.81. The van der Waals surface area contributed by atoms with Gasteiger partial charge in [-0.1, -0.05) is 18.2 Å². The van der Waals surface area contributed by atoms with Gasteiger partial charge in [0, 0.05) is 36.7 Å². The number of hydrogen-bond donors (Lipinski definition) is 0. The van der Waals surface area contributed by atoms with E-state index in [0.717, 1.165) is 31.8 Å². The van der Waals surface area contributed by atoms with Gasteiger partial charge in [0.05, 0.1) is 17.8 Å². The third kappa shape index (κ3) is 2.19. The summed E-state index contributed by atoms with van der Waals surface area (Å²) in [5, 5.41) is 1.30. The van der Waals surface area contributed by atoms with Crippen LogP contribution in [0, 0.1) is 19.3 Å². The molecular formula is C19H24N2O. The minimum Gasteiger partial charge on any atom is -0.381 e. The number of para-hydroxylation sites is 1. The highest BCUT2D eigenvalue weighted by atomic mass is 16.5. The first kappa shape index (κ1) is 14.0. The molecule has 0 bridgehead atoms. The fourth-order valence-electron chi connectivity index (χ4n) is 4.23. The van der Waals surface area contributed by atoms with E-state index in [0.29, 0.717) is 5.41 Å². The molecule has 0 amide bonds. The van der Waals surface area contributed by atoms with Crippen molar-refractivity contribution in [1.82, 2.24) is 4.98 Å². The molecule has 2 aromatic rings. The molecule has 3 heterocycles. The van der Waals surface area contributed by atoms with Gasteiger partial charge in [-0.25, -0.2) is 0 Å². The molecule has 22 heavy (non-hydrogen) atoms. The molecule has 0 aliphatic carbocycles. The molecule has 2 fully saturated rings. The number of anilines is 1. The van der Waals surface area contributed by atoms with E-state index in [4.69, 9.17) is 4.74 Å². The molecule has 3 heteroatoms. The number of rotatable bonds is 1. The number of ether oxygens (including phenoxy) is 1. The summed E-state index contributed by atoms with van der Waals surface area (Å²) in [5.74, 6) is 0. The summed E-state index contributed by atoms with van der Waals surface area (Å²) in [6.45, 7) is 8.47. The number of pyridine rings is 1. The minimum atomic E-state index is 0.379. The lowest BCUT2D eigenvalue weighted by Crippen LogP contribution is -2.35. The first-order chi connectivity index (χ1) is 10.7. The van der Waals surface area contributed by atoms with Crippen LogP contribution in [0.4, 0.5) is 5.69 Å². The lowest BCUT2D eigenvalue weighted by Gasteiger charge is -2.33. The van der Waals surface area contributed by atoms with Crippen LogP contribution in [0.15, 0.2) is 24.4 Å². The normalized spacial score (nSPS) is 25.3. The van der Waals surface area contributed by atoms with E-state index in [2.05, 4.69) is 41.9 Å². The van der Waals surface area contributed by atoms with Crippen molar-refractivity contribution < 1.29 is 4.74 Å². The minimum absolute atomic E-state index is 0.379. The van der Waals surface area contributed by atoms with Crippen molar-refractivity contribution in [3.8, 4) is 0 Å². The van der Waals surface area contributed by atoms with Crippen LogP contribution in [-0.2, 0) is 4.74 Å². The Labute approximate surface area is 132 Å². The molecule has 1 aromatic carbocycles. The molecule has 1 spiro atoms. The SMILES string of the molecule is Cc1cnc2c(C)cccc2c1N1CCC2(CCCOC2)C1. The Balaban J connectivity index is 1.75. The van der Waals surface area contributed by atoms with Crippen LogP contribution in [0.5, 0.6) is 0 Å². The highest BCUT2D eigenvalue weighted by molar-refractivity contribution is 5.95. The van der Waals surface area contributed by atoms with Gasteiger partial charge in [0.2, 0.25) is 0 Å². The molecule has 2 saturated heterocycles. The second kappa shape index (κ2) is 5.24. The maximum Gasteiger partial charge on any atom is 0.0752 e. The number of fused-ring (bicyclic) bond motifs is 1. The molecule has 0 radical (unpaired) electrons. The Bertz CT molecular complexity index is 704. The summed E-state index contributed by atoms with van der Waals surface area (Å²) < 4.78 is 5.79. The van der Waals surface area contributed by atoms with Crippen molar-refractivity contribution in [2.75, 3.05) is 31.2 Å². The van der Waals surface area contributed by atoms with Gasteiger partial charge in [-0.05, 0) is 44.2 Å². The van der Waals surface area contributed by atoms with Crippen molar-refractivity contribution in [2.45, 2.75) is 33.1 Å². The molecule has 1 atom stereocenters. The van der Waals surface area contributed by atoms with Gasteiger partial charge in [0.15, 0.2) is 0 Å². The van der Waals surface area contributed by atoms with Gasteiger partial charge >= 0.3 is 0 Å². The molecular weight excluding hydrogens is 272 g/mol. The summed E-state index contributed by atoms with van der Waals surface area (Å²) in [4.78, 5) is 7.24. The lowest BCUT2D eigenvalue weighted by atomic mass is 9.82. The van der Waals surface area contributed by atoms with Crippen LogP contribution < -0.4 is 4.90 Å². The zero-order valence-electron chi connectivity index (χ0n) is 13.6. The monoisotopic (exact) mass is 296 g/mol. The summed E-state index contributed by atoms with van der Waals surface area (Å²) in [7, 11) is 0. The van der Waals surface area contributed by atoms with Gasteiger partial charge in [0.25, 0.3) is 0 Å². The average Bonchev–Trinajstić information content (AvgIpc) is 2.91. The molecule has 2 aliphatic heterocycles. The molecule has 2 aliphatic rings. The van der Waals surface area contributed by atoms with Crippen LogP contribution in [0.25, 0.3) is 10.9 Å². The van der Waals surface area contributed by atoms with Gasteiger partial charge in [-0.3, -0.25) is 4.98 Å². The van der Waals surface area contributed by atoms with Crippen LogP contribution in [0.3, 0.4) is 0 Å². The highest BCUT2D eigenvalue weighted by Crippen LogP contribution is 2.42. The number of aromatic nitrogens is 1. The fourth-order valence-corrected chi connectivity index (χ4v) is 4.23. The van der Waals surface area contributed by atoms with E-state index in [1.807, 2.05) is 6.20 Å². The van der Waals surface area contributed by atoms with Crippen molar-refractivity contribution in [1.29, 1.82) is 0 Å². The Morgan fingerprint density at radius 2 is 2.09 bits per heavy atom. The van der Waals surface area contributed by atoms with Gasteiger partial charge in [-0.15, -0.1) is 0 Å². The maximum atomic E-state index is 5.79. The predicted molar refractivity (Wildman–Crippen MR) is 90.5 cm³/mol. The number of benzene rings is 1. The standard InChI is InChI=1S/C19H24N2O/c1-14-5-3-6-16-17(14)20-11-15(2)18(16)21-9-8-19(12-21)7-4-10-22-13-19/h3,5-6,11H,4,7-10,12-13H2,1-2H3. The summed E-state index contributed by atoms with van der Waals surface area (Å²) >= 11 is 0. The highest BCUT2D eigenvalue weighted by Gasteiger charge is 2.40. The Kier molecular flexibility index (Phi) is 3.33. The van der Waals surface area contributed by atoms with Crippen molar-refractivity contribution >= 4 is 16.6 Å². The van der Waals surface area contributed by atoms with Crippen LogP contribution in [-0.4, -0.2) is 31.3 Å². The van der Waals surface area contributed by atoms with Crippen molar-refractivity contribution in [2.24, 2.45) is 5.41 Å². The zero-order chi connectivity index (χ0) is 15.2. The summed E-state index contributed by atoms with van der Waals surface area (Å²) in [5.41, 5.74) is 5.45. The van der Waals surface area contributed by atoms with Gasteiger partial charge in [0.1, 0.15) is 0 Å². The Morgan fingerprint density at radius 1 is 1.18 bits per heavy atom. The molecule has 0 N–H and O–H groups in total. The maximum absolute atomic E-state index is 5.79. The number of nitrogens with zero attached hydrogens (tertiary/aromatic N) is 2. The van der Waals surface area contributed by atoms with E-state index in [1.165, 1.54) is 41.5 Å². The molecule has 116 valence electrons. The average molecular weight is 296 g/mol. The van der Waals surface area contributed by atoms with E-state index in [9.17, 15) is 0 Å². The third-order valence-electron chi connectivity index (χ3n) is 5.41. The second-order valence-electron chi connectivity index (χ2n) is 7.09. The largest absolute Gasteiger partial charge is 0.381 e. The zero-order valence-corrected chi connectivity index (χ0v) is 13.6. The fraction of sp³-hybridized carbons (Fsp3) is 0.526. The predicted octanol–water partition coefficient (Wildman–Crippen LogP) is 3.86. The first-order valence-corrected chi connectivity index (χ1v) is 8.36. The summed E-state index contributed by atoms with van der Waals surface area (Å²) in [6, 6.07) is 6.52. The van der Waals surface area contributed by atoms with Crippen LogP contribution >= 0.6 is 0 Å².